The molecule has 3 N–H and O–H groups in total. The SMILES string of the molecule is CS(=O)(=O)NCC1CN(c2ncnc3cc(C(N)=O)c(F)cc23)CCO1. The van der Waals surface area contributed by atoms with Crippen molar-refractivity contribution in [3.63, 3.8) is 0 Å². The zero-order valence-corrected chi connectivity index (χ0v) is 14.8. The van der Waals surface area contributed by atoms with E-state index in [0.29, 0.717) is 36.4 Å². The van der Waals surface area contributed by atoms with Crippen LogP contribution in [0.4, 0.5) is 10.2 Å². The van der Waals surface area contributed by atoms with Crippen LogP contribution in [-0.4, -0.2) is 62.9 Å². The summed E-state index contributed by atoms with van der Waals surface area (Å²) in [4.78, 5) is 21.5. The number of morpholine rings is 1. The van der Waals surface area contributed by atoms with Gasteiger partial charge in [0.15, 0.2) is 0 Å². The van der Waals surface area contributed by atoms with Gasteiger partial charge in [-0.2, -0.15) is 0 Å². The molecule has 140 valence electrons. The van der Waals surface area contributed by atoms with Crippen molar-refractivity contribution in [2.45, 2.75) is 6.10 Å². The molecule has 1 aromatic heterocycles. The monoisotopic (exact) mass is 383 g/mol. The lowest BCUT2D eigenvalue weighted by Crippen LogP contribution is -2.47. The average Bonchev–Trinajstić information content (AvgIpc) is 2.58. The number of fused-ring (bicyclic) bond motifs is 1. The molecular formula is C15H18FN5O4S. The molecule has 1 saturated heterocycles. The minimum Gasteiger partial charge on any atom is -0.373 e. The van der Waals surface area contributed by atoms with Gasteiger partial charge < -0.3 is 15.4 Å². The molecule has 1 aliphatic heterocycles. The van der Waals surface area contributed by atoms with Crippen molar-refractivity contribution in [2.75, 3.05) is 37.4 Å². The molecule has 0 spiro atoms. The number of nitrogens with zero attached hydrogens (tertiary/aromatic N) is 3. The fraction of sp³-hybridized carbons (Fsp3) is 0.400. The highest BCUT2D eigenvalue weighted by atomic mass is 32.2. The van der Waals surface area contributed by atoms with Gasteiger partial charge >= 0.3 is 0 Å². The predicted octanol–water partition coefficient (Wildman–Crippen LogP) is -0.378. The van der Waals surface area contributed by atoms with Crippen molar-refractivity contribution >= 4 is 32.7 Å². The van der Waals surface area contributed by atoms with Crippen LogP contribution in [0.1, 0.15) is 10.4 Å². The van der Waals surface area contributed by atoms with E-state index < -0.39 is 21.7 Å². The molecule has 26 heavy (non-hydrogen) atoms. The Morgan fingerprint density at radius 2 is 2.23 bits per heavy atom. The maximum Gasteiger partial charge on any atom is 0.251 e. The van der Waals surface area contributed by atoms with Gasteiger partial charge in [-0.15, -0.1) is 0 Å². The third-order valence-electron chi connectivity index (χ3n) is 3.98. The van der Waals surface area contributed by atoms with E-state index in [1.165, 1.54) is 18.5 Å². The molecule has 1 unspecified atom stereocenters. The van der Waals surface area contributed by atoms with E-state index in [4.69, 9.17) is 10.5 Å². The van der Waals surface area contributed by atoms with Crippen LogP contribution in [0.25, 0.3) is 10.9 Å². The van der Waals surface area contributed by atoms with Crippen LogP contribution >= 0.6 is 0 Å². The van der Waals surface area contributed by atoms with Crippen LogP contribution in [0.15, 0.2) is 18.5 Å². The van der Waals surface area contributed by atoms with Gasteiger partial charge in [0.25, 0.3) is 5.91 Å². The molecular weight excluding hydrogens is 365 g/mol. The summed E-state index contributed by atoms with van der Waals surface area (Å²) in [7, 11) is -3.33. The fourth-order valence-electron chi connectivity index (χ4n) is 2.78. The number of carbonyl (C=O) groups is 1. The summed E-state index contributed by atoms with van der Waals surface area (Å²) in [6, 6.07) is 2.48. The van der Waals surface area contributed by atoms with Gasteiger partial charge in [0.05, 0.1) is 30.0 Å². The number of primary amides is 1. The first-order valence-corrected chi connectivity index (χ1v) is 9.69. The van der Waals surface area contributed by atoms with Crippen LogP contribution in [0.5, 0.6) is 0 Å². The number of sulfonamides is 1. The lowest BCUT2D eigenvalue weighted by molar-refractivity contribution is 0.0441. The van der Waals surface area contributed by atoms with E-state index in [9.17, 15) is 17.6 Å². The van der Waals surface area contributed by atoms with Crippen molar-refractivity contribution in [3.05, 3.63) is 29.8 Å². The third-order valence-corrected chi connectivity index (χ3v) is 4.67. The second kappa shape index (κ2) is 7.09. The molecule has 3 rings (SSSR count). The van der Waals surface area contributed by atoms with E-state index >= 15 is 0 Å². The number of amides is 1. The molecule has 1 fully saturated rings. The number of ether oxygens (including phenoxy) is 1. The molecule has 0 bridgehead atoms. The molecule has 2 aromatic rings. The summed E-state index contributed by atoms with van der Waals surface area (Å²) in [5.41, 5.74) is 5.32. The first kappa shape index (κ1) is 18.4. The van der Waals surface area contributed by atoms with E-state index in [-0.39, 0.29) is 18.2 Å². The van der Waals surface area contributed by atoms with Crippen molar-refractivity contribution in [1.29, 1.82) is 0 Å². The van der Waals surface area contributed by atoms with Crippen molar-refractivity contribution in [1.82, 2.24) is 14.7 Å². The molecule has 11 heteroatoms. The van der Waals surface area contributed by atoms with Crippen LogP contribution in [0, 0.1) is 5.82 Å². The van der Waals surface area contributed by atoms with Gasteiger partial charge in [-0.05, 0) is 12.1 Å². The number of benzene rings is 1. The first-order valence-electron chi connectivity index (χ1n) is 7.80. The predicted molar refractivity (Wildman–Crippen MR) is 92.8 cm³/mol. The number of carbonyl (C=O) groups excluding carboxylic acids is 1. The molecule has 1 amide bonds. The van der Waals surface area contributed by atoms with Crippen molar-refractivity contribution in [2.24, 2.45) is 5.73 Å². The molecule has 0 radical (unpaired) electrons. The highest BCUT2D eigenvalue weighted by molar-refractivity contribution is 7.88. The number of hydrogen-bond acceptors (Lipinski definition) is 7. The van der Waals surface area contributed by atoms with E-state index in [1.54, 1.807) is 0 Å². The number of nitrogens with two attached hydrogens (primary N) is 1. The topological polar surface area (TPSA) is 128 Å². The Hall–Kier alpha value is -2.37. The summed E-state index contributed by atoms with van der Waals surface area (Å²) in [6.07, 6.45) is 2.02. The molecule has 0 saturated carbocycles. The van der Waals surface area contributed by atoms with Crippen LogP contribution in [-0.2, 0) is 14.8 Å². The number of nitrogens with one attached hydrogen (secondary N) is 1. The van der Waals surface area contributed by atoms with Crippen LogP contribution < -0.4 is 15.4 Å². The molecule has 1 aromatic carbocycles. The Bertz CT molecular complexity index is 952. The van der Waals surface area contributed by atoms with Gasteiger partial charge in [0.2, 0.25) is 10.0 Å². The van der Waals surface area contributed by atoms with Crippen molar-refractivity contribution in [3.8, 4) is 0 Å². The zero-order chi connectivity index (χ0) is 18.9. The summed E-state index contributed by atoms with van der Waals surface area (Å²) in [5, 5.41) is 0.437. The Balaban J connectivity index is 1.89. The van der Waals surface area contributed by atoms with Crippen molar-refractivity contribution < 1.29 is 22.3 Å². The third kappa shape index (κ3) is 4.06. The smallest absolute Gasteiger partial charge is 0.251 e. The largest absolute Gasteiger partial charge is 0.373 e. The minimum absolute atomic E-state index is 0.124. The number of halogens is 1. The molecule has 0 aliphatic carbocycles. The summed E-state index contributed by atoms with van der Waals surface area (Å²) in [6.45, 7) is 1.36. The summed E-state index contributed by atoms with van der Waals surface area (Å²) >= 11 is 0. The van der Waals surface area contributed by atoms with Crippen LogP contribution in [0.2, 0.25) is 0 Å². The minimum atomic E-state index is -3.33. The number of aromatic nitrogens is 2. The maximum atomic E-state index is 14.2. The highest BCUT2D eigenvalue weighted by Gasteiger charge is 2.24. The van der Waals surface area contributed by atoms with Crippen LogP contribution in [0.3, 0.4) is 0 Å². The normalized spacial score (nSPS) is 18.2. The summed E-state index contributed by atoms with van der Waals surface area (Å²) in [5.74, 6) is -1.13. The number of rotatable bonds is 5. The lowest BCUT2D eigenvalue weighted by atomic mass is 10.1. The molecule has 9 nitrogen and oxygen atoms in total. The molecule has 1 atom stereocenters. The Morgan fingerprint density at radius 1 is 1.46 bits per heavy atom. The molecule has 1 aliphatic rings. The lowest BCUT2D eigenvalue weighted by Gasteiger charge is -2.34. The van der Waals surface area contributed by atoms with E-state index in [1.807, 2.05) is 4.90 Å². The second-order valence-corrected chi connectivity index (χ2v) is 7.80. The molecule has 2 heterocycles. The Labute approximate surface area is 149 Å². The summed E-state index contributed by atoms with van der Waals surface area (Å²) < 4.78 is 44.6. The van der Waals surface area contributed by atoms with Gasteiger partial charge in [-0.3, -0.25) is 4.79 Å². The average molecular weight is 383 g/mol. The van der Waals surface area contributed by atoms with Gasteiger partial charge in [0.1, 0.15) is 18.0 Å². The maximum absolute atomic E-state index is 14.2. The van der Waals surface area contributed by atoms with E-state index in [2.05, 4.69) is 14.7 Å². The fourth-order valence-corrected chi connectivity index (χ4v) is 3.27. The Kier molecular flexibility index (Phi) is 5.03. The number of anilines is 1. The standard InChI is InChI=1S/C15H18FN5O4S/c1-26(23,24)20-6-9-7-21(2-3-25-9)15-11-4-12(16)10(14(17)22)5-13(11)18-8-19-15/h4-5,8-9,20H,2-3,6-7H2,1H3,(H2,17,22). The quantitative estimate of drug-likeness (QED) is 0.720. The van der Waals surface area contributed by atoms with Gasteiger partial charge in [-0.1, -0.05) is 0 Å². The van der Waals surface area contributed by atoms with Gasteiger partial charge in [0, 0.05) is 25.0 Å². The Morgan fingerprint density at radius 3 is 2.92 bits per heavy atom. The van der Waals surface area contributed by atoms with Gasteiger partial charge in [-0.25, -0.2) is 27.5 Å². The number of hydrogen-bond donors (Lipinski definition) is 2. The second-order valence-electron chi connectivity index (χ2n) is 5.97. The zero-order valence-electron chi connectivity index (χ0n) is 14.0. The highest BCUT2D eigenvalue weighted by Crippen LogP contribution is 2.26. The first-order chi connectivity index (χ1) is 12.2. The van der Waals surface area contributed by atoms with E-state index in [0.717, 1.165) is 6.26 Å².